The van der Waals surface area contributed by atoms with Gasteiger partial charge in [-0.05, 0) is 12.5 Å². The molecule has 1 aromatic rings. The third-order valence-corrected chi connectivity index (χ3v) is 2.90. The van der Waals surface area contributed by atoms with Gasteiger partial charge in [0.1, 0.15) is 12.4 Å². The lowest BCUT2D eigenvalue weighted by atomic mass is 10.2. The third-order valence-electron chi connectivity index (χ3n) is 2.90. The molecule has 1 aromatic carbocycles. The molecule has 0 saturated carbocycles. The van der Waals surface area contributed by atoms with Gasteiger partial charge in [-0.1, -0.05) is 13.3 Å². The number of nitrogens with two attached hydrogens (primary N) is 1. The molecule has 0 saturated heterocycles. The zero-order valence-electron chi connectivity index (χ0n) is 11.3. The topological polar surface area (TPSA) is 62.9 Å². The van der Waals surface area contributed by atoms with E-state index < -0.39 is 0 Å². The fraction of sp³-hybridized carbons (Fsp3) is 0.571. The molecule has 0 radical (unpaired) electrons. The van der Waals surface area contributed by atoms with Crippen molar-refractivity contribution in [2.45, 2.75) is 26.3 Å². The van der Waals surface area contributed by atoms with Crippen LogP contribution in [0, 0.1) is 0 Å². The van der Waals surface area contributed by atoms with E-state index in [1.807, 2.05) is 12.1 Å². The maximum absolute atomic E-state index is 5.71. The molecule has 0 aliphatic carbocycles. The average Bonchev–Trinajstić information content (AvgIpc) is 2.88. The molecule has 0 spiro atoms. The van der Waals surface area contributed by atoms with Gasteiger partial charge < -0.3 is 24.7 Å². The van der Waals surface area contributed by atoms with Gasteiger partial charge in [-0.2, -0.15) is 0 Å². The van der Waals surface area contributed by atoms with Crippen molar-refractivity contribution in [3.8, 4) is 17.2 Å². The van der Waals surface area contributed by atoms with E-state index in [9.17, 15) is 0 Å². The molecule has 0 aromatic heterocycles. The molecular weight excluding hydrogens is 246 g/mol. The molecule has 0 fully saturated rings. The molecule has 0 atom stereocenters. The summed E-state index contributed by atoms with van der Waals surface area (Å²) in [6.45, 7) is 4.67. The number of ether oxygens (including phenoxy) is 4. The molecule has 5 nitrogen and oxygen atoms in total. The highest BCUT2D eigenvalue weighted by Gasteiger charge is 2.17. The van der Waals surface area contributed by atoms with Gasteiger partial charge >= 0.3 is 0 Å². The maximum Gasteiger partial charge on any atom is 0.231 e. The summed E-state index contributed by atoms with van der Waals surface area (Å²) in [7, 11) is 0. The van der Waals surface area contributed by atoms with E-state index in [1.54, 1.807) is 0 Å². The van der Waals surface area contributed by atoms with Crippen LogP contribution in [0.5, 0.6) is 17.2 Å². The van der Waals surface area contributed by atoms with Crippen LogP contribution in [0.2, 0.25) is 0 Å². The molecule has 2 N–H and O–H groups in total. The monoisotopic (exact) mass is 267 g/mol. The Kier molecular flexibility index (Phi) is 5.30. The van der Waals surface area contributed by atoms with E-state index >= 15 is 0 Å². The van der Waals surface area contributed by atoms with Crippen LogP contribution in [-0.4, -0.2) is 26.6 Å². The Bertz CT molecular complexity index is 409. The largest absolute Gasteiger partial charge is 0.491 e. The average molecular weight is 267 g/mol. The van der Waals surface area contributed by atoms with Crippen molar-refractivity contribution in [1.29, 1.82) is 0 Å². The standard InChI is InChI=1S/C14H21NO4/c1-2-3-4-16-5-6-17-12-8-14-13(18-10-19-14)7-11(12)9-15/h7-8H,2-6,9-10,15H2,1H3. The van der Waals surface area contributed by atoms with E-state index in [-0.39, 0.29) is 6.79 Å². The molecule has 106 valence electrons. The Morgan fingerprint density at radius 1 is 1.16 bits per heavy atom. The summed E-state index contributed by atoms with van der Waals surface area (Å²) < 4.78 is 21.8. The van der Waals surface area contributed by atoms with E-state index in [4.69, 9.17) is 24.7 Å². The van der Waals surface area contributed by atoms with Crippen molar-refractivity contribution >= 4 is 0 Å². The Morgan fingerprint density at radius 2 is 1.95 bits per heavy atom. The van der Waals surface area contributed by atoms with Gasteiger partial charge in [0.2, 0.25) is 6.79 Å². The van der Waals surface area contributed by atoms with Crippen molar-refractivity contribution in [1.82, 2.24) is 0 Å². The lowest BCUT2D eigenvalue weighted by Crippen LogP contribution is -2.09. The summed E-state index contributed by atoms with van der Waals surface area (Å²) in [6, 6.07) is 3.70. The molecular formula is C14H21NO4. The summed E-state index contributed by atoms with van der Waals surface area (Å²) in [5, 5.41) is 0. The minimum absolute atomic E-state index is 0.253. The summed E-state index contributed by atoms with van der Waals surface area (Å²) >= 11 is 0. The zero-order valence-corrected chi connectivity index (χ0v) is 11.3. The van der Waals surface area contributed by atoms with Crippen molar-refractivity contribution in [3.63, 3.8) is 0 Å². The molecule has 0 amide bonds. The van der Waals surface area contributed by atoms with Gasteiger partial charge in [0.15, 0.2) is 11.5 Å². The van der Waals surface area contributed by atoms with Gasteiger partial charge in [0.05, 0.1) is 6.61 Å². The fourth-order valence-electron chi connectivity index (χ4n) is 1.82. The second kappa shape index (κ2) is 7.21. The number of rotatable bonds is 8. The molecule has 19 heavy (non-hydrogen) atoms. The molecule has 0 bridgehead atoms. The zero-order chi connectivity index (χ0) is 13.5. The molecule has 1 aliphatic rings. The minimum Gasteiger partial charge on any atom is -0.491 e. The first-order valence-corrected chi connectivity index (χ1v) is 6.68. The second-order valence-electron chi connectivity index (χ2n) is 4.33. The number of unbranched alkanes of at least 4 members (excludes halogenated alkanes) is 1. The minimum atomic E-state index is 0.253. The lowest BCUT2D eigenvalue weighted by molar-refractivity contribution is 0.0976. The first kappa shape index (κ1) is 14.0. The van der Waals surface area contributed by atoms with Gasteiger partial charge in [0, 0.05) is 24.8 Å². The summed E-state index contributed by atoms with van der Waals surface area (Å²) in [5.41, 5.74) is 6.62. The third kappa shape index (κ3) is 3.75. The van der Waals surface area contributed by atoms with Crippen LogP contribution in [0.3, 0.4) is 0 Å². The quantitative estimate of drug-likeness (QED) is 0.730. The number of benzene rings is 1. The number of fused-ring (bicyclic) bond motifs is 1. The molecule has 1 aliphatic heterocycles. The smallest absolute Gasteiger partial charge is 0.231 e. The Labute approximate surface area is 113 Å². The second-order valence-corrected chi connectivity index (χ2v) is 4.33. The highest BCUT2D eigenvalue weighted by Crippen LogP contribution is 2.37. The van der Waals surface area contributed by atoms with E-state index in [0.29, 0.717) is 25.5 Å². The predicted octanol–water partition coefficient (Wildman–Crippen LogP) is 2.07. The van der Waals surface area contributed by atoms with E-state index in [0.717, 1.165) is 36.5 Å². The first-order chi connectivity index (χ1) is 9.35. The highest BCUT2D eigenvalue weighted by atomic mass is 16.7. The van der Waals surface area contributed by atoms with E-state index in [2.05, 4.69) is 6.92 Å². The highest BCUT2D eigenvalue weighted by molar-refractivity contribution is 5.51. The summed E-state index contributed by atoms with van der Waals surface area (Å²) in [4.78, 5) is 0. The summed E-state index contributed by atoms with van der Waals surface area (Å²) in [6.07, 6.45) is 2.22. The van der Waals surface area contributed by atoms with Crippen LogP contribution in [0.25, 0.3) is 0 Å². The van der Waals surface area contributed by atoms with Crippen LogP contribution in [0.1, 0.15) is 25.3 Å². The van der Waals surface area contributed by atoms with Crippen LogP contribution < -0.4 is 19.9 Å². The van der Waals surface area contributed by atoms with Gasteiger partial charge in [-0.15, -0.1) is 0 Å². The van der Waals surface area contributed by atoms with Crippen LogP contribution in [0.4, 0.5) is 0 Å². The van der Waals surface area contributed by atoms with Gasteiger partial charge in [-0.3, -0.25) is 0 Å². The molecule has 5 heteroatoms. The fourth-order valence-corrected chi connectivity index (χ4v) is 1.82. The van der Waals surface area contributed by atoms with Crippen molar-refractivity contribution < 1.29 is 18.9 Å². The van der Waals surface area contributed by atoms with Crippen molar-refractivity contribution in [3.05, 3.63) is 17.7 Å². The molecule has 0 unspecified atom stereocenters. The lowest BCUT2D eigenvalue weighted by Gasteiger charge is -2.11. The Morgan fingerprint density at radius 3 is 2.68 bits per heavy atom. The van der Waals surface area contributed by atoms with Gasteiger partial charge in [-0.25, -0.2) is 0 Å². The van der Waals surface area contributed by atoms with Crippen LogP contribution >= 0.6 is 0 Å². The maximum atomic E-state index is 5.71. The Hall–Kier alpha value is -1.46. The van der Waals surface area contributed by atoms with Gasteiger partial charge in [0.25, 0.3) is 0 Å². The predicted molar refractivity (Wildman–Crippen MR) is 71.7 cm³/mol. The number of hydrogen-bond donors (Lipinski definition) is 1. The number of hydrogen-bond acceptors (Lipinski definition) is 5. The Balaban J connectivity index is 1.85. The van der Waals surface area contributed by atoms with Crippen molar-refractivity contribution in [2.24, 2.45) is 5.73 Å². The van der Waals surface area contributed by atoms with Crippen LogP contribution in [-0.2, 0) is 11.3 Å². The normalized spacial score (nSPS) is 12.7. The van der Waals surface area contributed by atoms with Crippen molar-refractivity contribution in [2.75, 3.05) is 26.6 Å². The summed E-state index contributed by atoms with van der Waals surface area (Å²) in [5.74, 6) is 2.18. The molecule has 1 heterocycles. The van der Waals surface area contributed by atoms with Crippen LogP contribution in [0.15, 0.2) is 12.1 Å². The molecule has 2 rings (SSSR count). The van der Waals surface area contributed by atoms with E-state index in [1.165, 1.54) is 0 Å². The SMILES string of the molecule is CCCCOCCOc1cc2c(cc1CN)OCO2. The first-order valence-electron chi connectivity index (χ1n) is 6.68.